The van der Waals surface area contributed by atoms with Crippen LogP contribution in [0, 0.1) is 6.92 Å². The van der Waals surface area contributed by atoms with Gasteiger partial charge in [0.25, 0.3) is 0 Å². The maximum atomic E-state index is 5.66. The summed E-state index contributed by atoms with van der Waals surface area (Å²) in [5.74, 6) is 1.92. The molecule has 0 amide bonds. The predicted octanol–water partition coefficient (Wildman–Crippen LogP) is 1.38. The highest BCUT2D eigenvalue weighted by Crippen LogP contribution is 2.26. The van der Waals surface area contributed by atoms with Crippen molar-refractivity contribution in [2.45, 2.75) is 6.92 Å². The lowest BCUT2D eigenvalue weighted by atomic mass is 10.2. The van der Waals surface area contributed by atoms with E-state index in [4.69, 9.17) is 10.5 Å². The van der Waals surface area contributed by atoms with Gasteiger partial charge in [-0.25, -0.2) is 9.97 Å². The van der Waals surface area contributed by atoms with E-state index >= 15 is 0 Å². The van der Waals surface area contributed by atoms with Gasteiger partial charge in [-0.05, 0) is 13.0 Å². The molecule has 2 aromatic rings. The number of nitrogen functional groups attached to an aromatic ring is 1. The summed E-state index contributed by atoms with van der Waals surface area (Å²) in [6, 6.07) is 1.86. The second-order valence-corrected chi connectivity index (χ2v) is 3.56. The molecule has 0 bridgehead atoms. The summed E-state index contributed by atoms with van der Waals surface area (Å²) in [7, 11) is 3.53. The molecule has 5 nitrogen and oxygen atoms in total. The van der Waals surface area contributed by atoms with Crippen molar-refractivity contribution in [3.63, 3.8) is 0 Å². The molecule has 16 heavy (non-hydrogen) atoms. The largest absolute Gasteiger partial charge is 0.493 e. The van der Waals surface area contributed by atoms with E-state index in [1.165, 1.54) is 0 Å². The summed E-state index contributed by atoms with van der Waals surface area (Å²) in [4.78, 5) is 8.32. The fourth-order valence-electron chi connectivity index (χ4n) is 1.53. The van der Waals surface area contributed by atoms with Crippen LogP contribution in [0.2, 0.25) is 0 Å². The number of aryl methyl sites for hydroxylation is 1. The van der Waals surface area contributed by atoms with Gasteiger partial charge in [-0.2, -0.15) is 0 Å². The normalized spacial score (nSPS) is 10.4. The van der Waals surface area contributed by atoms with Crippen LogP contribution in [-0.4, -0.2) is 21.6 Å². The van der Waals surface area contributed by atoms with Crippen LogP contribution in [0.5, 0.6) is 5.75 Å². The van der Waals surface area contributed by atoms with Crippen molar-refractivity contribution in [3.8, 4) is 17.0 Å². The molecule has 0 spiro atoms. The summed E-state index contributed by atoms with van der Waals surface area (Å²) in [5, 5.41) is 0. The predicted molar refractivity (Wildman–Crippen MR) is 62.1 cm³/mol. The summed E-state index contributed by atoms with van der Waals surface area (Å²) in [6.45, 7) is 1.95. The van der Waals surface area contributed by atoms with Crippen LogP contribution in [0.4, 0.5) is 5.82 Å². The van der Waals surface area contributed by atoms with Crippen molar-refractivity contribution in [2.75, 3.05) is 12.8 Å². The molecule has 0 radical (unpaired) electrons. The summed E-state index contributed by atoms with van der Waals surface area (Å²) in [5.41, 5.74) is 7.59. The summed E-state index contributed by atoms with van der Waals surface area (Å²) >= 11 is 0. The highest BCUT2D eigenvalue weighted by molar-refractivity contribution is 5.64. The van der Waals surface area contributed by atoms with E-state index in [2.05, 4.69) is 9.97 Å². The Labute approximate surface area is 93.9 Å². The number of anilines is 1. The standard InChI is InChI=1S/C11H14N4O/c1-7-13-6-9(15(7)2)8-4-10(16-3)11(12)14-5-8/h4-6H,1-3H3,(H2,12,14). The molecule has 5 heteroatoms. The second kappa shape index (κ2) is 3.84. The van der Waals surface area contributed by atoms with Gasteiger partial charge in [-0.3, -0.25) is 0 Å². The van der Waals surface area contributed by atoms with E-state index < -0.39 is 0 Å². The third-order valence-electron chi connectivity index (χ3n) is 2.62. The fraction of sp³-hybridized carbons (Fsp3) is 0.273. The number of rotatable bonds is 2. The number of pyridine rings is 1. The van der Waals surface area contributed by atoms with Crippen molar-refractivity contribution in [1.82, 2.24) is 14.5 Å². The van der Waals surface area contributed by atoms with E-state index in [-0.39, 0.29) is 0 Å². The second-order valence-electron chi connectivity index (χ2n) is 3.56. The number of methoxy groups -OCH3 is 1. The molecule has 0 aliphatic rings. The zero-order chi connectivity index (χ0) is 11.7. The van der Waals surface area contributed by atoms with Gasteiger partial charge in [0.1, 0.15) is 5.82 Å². The van der Waals surface area contributed by atoms with Crippen LogP contribution in [-0.2, 0) is 7.05 Å². The molecule has 0 aliphatic heterocycles. The molecule has 84 valence electrons. The Balaban J connectivity index is 2.52. The van der Waals surface area contributed by atoms with Crippen LogP contribution >= 0.6 is 0 Å². The van der Waals surface area contributed by atoms with Crippen LogP contribution < -0.4 is 10.5 Å². The summed E-state index contributed by atoms with van der Waals surface area (Å²) < 4.78 is 7.13. The Morgan fingerprint density at radius 2 is 2.06 bits per heavy atom. The third kappa shape index (κ3) is 1.60. The van der Waals surface area contributed by atoms with Crippen molar-refractivity contribution in [2.24, 2.45) is 7.05 Å². The lowest BCUT2D eigenvalue weighted by molar-refractivity contribution is 0.415. The first-order valence-electron chi connectivity index (χ1n) is 4.91. The van der Waals surface area contributed by atoms with E-state index in [0.717, 1.165) is 17.1 Å². The Bertz CT molecular complexity index is 519. The average Bonchev–Trinajstić information content (AvgIpc) is 2.61. The quantitative estimate of drug-likeness (QED) is 0.827. The van der Waals surface area contributed by atoms with Crippen LogP contribution in [0.1, 0.15) is 5.82 Å². The van der Waals surface area contributed by atoms with Gasteiger partial charge in [0, 0.05) is 18.8 Å². The number of nitrogens with two attached hydrogens (primary N) is 1. The minimum absolute atomic E-state index is 0.394. The molecule has 0 atom stereocenters. The van der Waals surface area contributed by atoms with E-state index in [1.54, 1.807) is 13.3 Å². The van der Waals surface area contributed by atoms with E-state index in [1.807, 2.05) is 30.8 Å². The minimum atomic E-state index is 0.394. The highest BCUT2D eigenvalue weighted by atomic mass is 16.5. The van der Waals surface area contributed by atoms with Crippen LogP contribution in [0.15, 0.2) is 18.5 Å². The van der Waals surface area contributed by atoms with E-state index in [0.29, 0.717) is 11.6 Å². The van der Waals surface area contributed by atoms with Gasteiger partial charge in [-0.1, -0.05) is 0 Å². The van der Waals surface area contributed by atoms with Gasteiger partial charge < -0.3 is 15.0 Å². The Morgan fingerprint density at radius 3 is 2.62 bits per heavy atom. The van der Waals surface area contributed by atoms with Crippen LogP contribution in [0.25, 0.3) is 11.3 Å². The molecule has 0 saturated heterocycles. The molecule has 0 fully saturated rings. The van der Waals surface area contributed by atoms with Gasteiger partial charge in [0.05, 0.1) is 19.0 Å². The van der Waals surface area contributed by atoms with Crippen molar-refractivity contribution in [1.29, 1.82) is 0 Å². The maximum Gasteiger partial charge on any atom is 0.166 e. The molecule has 2 rings (SSSR count). The Kier molecular flexibility index (Phi) is 2.52. The first kappa shape index (κ1) is 10.5. The van der Waals surface area contributed by atoms with E-state index in [9.17, 15) is 0 Å². The maximum absolute atomic E-state index is 5.66. The van der Waals surface area contributed by atoms with Crippen molar-refractivity contribution in [3.05, 3.63) is 24.3 Å². The molecule has 0 aliphatic carbocycles. The number of nitrogens with zero attached hydrogens (tertiary/aromatic N) is 3. The highest BCUT2D eigenvalue weighted by Gasteiger charge is 2.09. The Morgan fingerprint density at radius 1 is 1.31 bits per heavy atom. The van der Waals surface area contributed by atoms with Gasteiger partial charge in [-0.15, -0.1) is 0 Å². The molecule has 2 aromatic heterocycles. The zero-order valence-corrected chi connectivity index (χ0v) is 9.56. The van der Waals surface area contributed by atoms with Gasteiger partial charge in [0.15, 0.2) is 11.6 Å². The van der Waals surface area contributed by atoms with Gasteiger partial charge in [0.2, 0.25) is 0 Å². The molecule has 0 aromatic carbocycles. The Hall–Kier alpha value is -2.04. The molecule has 0 saturated carbocycles. The smallest absolute Gasteiger partial charge is 0.166 e. The number of imidazole rings is 1. The van der Waals surface area contributed by atoms with Crippen molar-refractivity contribution < 1.29 is 4.74 Å². The molecule has 0 unspecified atom stereocenters. The number of aromatic nitrogens is 3. The topological polar surface area (TPSA) is 66.0 Å². The number of ether oxygens (including phenoxy) is 1. The lowest BCUT2D eigenvalue weighted by Crippen LogP contribution is -1.98. The SMILES string of the molecule is COc1cc(-c2cnc(C)n2C)cnc1N. The summed E-state index contributed by atoms with van der Waals surface area (Å²) in [6.07, 6.45) is 3.52. The molecular formula is C11H14N4O. The molecule has 2 N–H and O–H groups in total. The monoisotopic (exact) mass is 218 g/mol. The zero-order valence-electron chi connectivity index (χ0n) is 9.56. The van der Waals surface area contributed by atoms with Crippen LogP contribution in [0.3, 0.4) is 0 Å². The fourth-order valence-corrected chi connectivity index (χ4v) is 1.53. The third-order valence-corrected chi connectivity index (χ3v) is 2.62. The minimum Gasteiger partial charge on any atom is -0.493 e. The number of hydrogen-bond donors (Lipinski definition) is 1. The first-order chi connectivity index (χ1) is 7.63. The lowest BCUT2D eigenvalue weighted by Gasteiger charge is -2.07. The first-order valence-corrected chi connectivity index (χ1v) is 4.91. The molecular weight excluding hydrogens is 204 g/mol. The van der Waals surface area contributed by atoms with Gasteiger partial charge >= 0.3 is 0 Å². The number of hydrogen-bond acceptors (Lipinski definition) is 4. The van der Waals surface area contributed by atoms with Crippen molar-refractivity contribution >= 4 is 5.82 Å². The average molecular weight is 218 g/mol. The molecule has 2 heterocycles.